The Kier molecular flexibility index (Phi) is 5.34. The number of Topliss-reactive ketones (excluding diaryl/α,β-unsaturated/α-hetero) is 1. The van der Waals surface area contributed by atoms with E-state index in [1.54, 1.807) is 20.8 Å². The second kappa shape index (κ2) is 5.48. The molecule has 0 radical (unpaired) electrons. The third-order valence-electron chi connectivity index (χ3n) is 2.16. The van der Waals surface area contributed by atoms with Gasteiger partial charge in [-0.05, 0) is 6.42 Å². The molecule has 0 aliphatic heterocycles. The number of ketones is 1. The van der Waals surface area contributed by atoms with Crippen LogP contribution in [0.25, 0.3) is 0 Å². The van der Waals surface area contributed by atoms with Crippen LogP contribution in [0.1, 0.15) is 27.2 Å². The van der Waals surface area contributed by atoms with Crippen molar-refractivity contribution in [2.24, 2.45) is 5.41 Å². The first-order valence-corrected chi connectivity index (χ1v) is 9.13. The zero-order valence-electron chi connectivity index (χ0n) is 10.7. The third-order valence-corrected chi connectivity index (χ3v) is 4.80. The molecule has 0 spiro atoms. The molecule has 17 heavy (non-hydrogen) atoms. The molecule has 7 heteroatoms. The van der Waals surface area contributed by atoms with Gasteiger partial charge in [-0.3, -0.25) is 4.79 Å². The normalized spacial score (nSPS) is 13.6. The van der Waals surface area contributed by atoms with Gasteiger partial charge in [-0.25, -0.2) is 16.8 Å². The highest BCUT2D eigenvalue weighted by Gasteiger charge is 2.26. The lowest BCUT2D eigenvalue weighted by Gasteiger charge is -2.16. The maximum absolute atomic E-state index is 11.6. The van der Waals surface area contributed by atoms with Crippen LogP contribution in [0.2, 0.25) is 0 Å². The molecule has 102 valence electrons. The monoisotopic (exact) mass is 284 g/mol. The van der Waals surface area contributed by atoms with Crippen molar-refractivity contribution >= 4 is 25.5 Å². The van der Waals surface area contributed by atoms with Gasteiger partial charge in [-0.15, -0.1) is 0 Å². The van der Waals surface area contributed by atoms with Crippen molar-refractivity contribution < 1.29 is 21.6 Å². The first-order chi connectivity index (χ1) is 7.33. The zero-order chi connectivity index (χ0) is 13.9. The summed E-state index contributed by atoms with van der Waals surface area (Å²) >= 11 is 0. The SMILES string of the molecule is CC(C)(C)C(=O)CS(=O)(=O)CCCS(C)(=O)=O. The molecule has 0 aromatic carbocycles. The van der Waals surface area contributed by atoms with E-state index in [0.29, 0.717) is 0 Å². The largest absolute Gasteiger partial charge is 0.298 e. The summed E-state index contributed by atoms with van der Waals surface area (Å²) in [5.41, 5.74) is -0.691. The predicted molar refractivity (Wildman–Crippen MR) is 67.4 cm³/mol. The fraction of sp³-hybridized carbons (Fsp3) is 0.900. The lowest BCUT2D eigenvalue weighted by atomic mass is 9.92. The van der Waals surface area contributed by atoms with E-state index in [1.807, 2.05) is 0 Å². The number of carbonyl (C=O) groups excluding carboxylic acids is 1. The maximum atomic E-state index is 11.6. The molecule has 0 unspecified atom stereocenters. The van der Waals surface area contributed by atoms with Gasteiger partial charge in [0.05, 0.1) is 11.5 Å². The Labute approximate surface area is 103 Å². The summed E-state index contributed by atoms with van der Waals surface area (Å²) in [6, 6.07) is 0. The first kappa shape index (κ1) is 16.6. The van der Waals surface area contributed by atoms with Gasteiger partial charge in [-0.2, -0.15) is 0 Å². The lowest BCUT2D eigenvalue weighted by molar-refractivity contribution is -0.123. The standard InChI is InChI=1S/C10H20O5S2/c1-10(2,3)9(11)8-17(14,15)7-5-6-16(4,12)13/h5-8H2,1-4H3. The third kappa shape index (κ3) is 8.31. The number of rotatable bonds is 6. The van der Waals surface area contributed by atoms with Crippen LogP contribution in [0.4, 0.5) is 0 Å². The Balaban J connectivity index is 4.38. The molecule has 0 N–H and O–H groups in total. The Morgan fingerprint density at radius 1 is 1.00 bits per heavy atom. The maximum Gasteiger partial charge on any atom is 0.157 e. The summed E-state index contributed by atoms with van der Waals surface area (Å²) in [4.78, 5) is 11.5. The van der Waals surface area contributed by atoms with Gasteiger partial charge in [0, 0.05) is 11.7 Å². The molecule has 0 fully saturated rings. The van der Waals surface area contributed by atoms with Crippen LogP contribution < -0.4 is 0 Å². The first-order valence-electron chi connectivity index (χ1n) is 5.25. The van der Waals surface area contributed by atoms with Crippen LogP contribution in [0.3, 0.4) is 0 Å². The highest BCUT2D eigenvalue weighted by atomic mass is 32.2. The molecule has 0 saturated heterocycles. The molecule has 0 saturated carbocycles. The number of carbonyl (C=O) groups is 1. The average molecular weight is 284 g/mol. The van der Waals surface area contributed by atoms with Crippen LogP contribution >= 0.6 is 0 Å². The van der Waals surface area contributed by atoms with Crippen molar-refractivity contribution in [2.45, 2.75) is 27.2 Å². The average Bonchev–Trinajstić information content (AvgIpc) is 1.97. The van der Waals surface area contributed by atoms with E-state index in [2.05, 4.69) is 0 Å². The van der Waals surface area contributed by atoms with E-state index < -0.39 is 30.8 Å². The number of hydrogen-bond acceptors (Lipinski definition) is 5. The van der Waals surface area contributed by atoms with Crippen LogP contribution in [0.5, 0.6) is 0 Å². The highest BCUT2D eigenvalue weighted by Crippen LogP contribution is 2.16. The summed E-state index contributed by atoms with van der Waals surface area (Å²) in [7, 11) is -6.65. The van der Waals surface area contributed by atoms with Crippen molar-refractivity contribution in [1.82, 2.24) is 0 Å². The van der Waals surface area contributed by atoms with Crippen LogP contribution in [0, 0.1) is 5.41 Å². The van der Waals surface area contributed by atoms with Crippen molar-refractivity contribution in [3.05, 3.63) is 0 Å². The molecule has 0 aromatic heterocycles. The lowest BCUT2D eigenvalue weighted by Crippen LogP contribution is -2.29. The number of hydrogen-bond donors (Lipinski definition) is 0. The minimum atomic E-state index is -3.50. The van der Waals surface area contributed by atoms with Gasteiger partial charge in [0.25, 0.3) is 0 Å². The van der Waals surface area contributed by atoms with E-state index in [4.69, 9.17) is 0 Å². The molecule has 0 rings (SSSR count). The quantitative estimate of drug-likeness (QED) is 0.707. The minimum absolute atomic E-state index is 0.0403. The zero-order valence-corrected chi connectivity index (χ0v) is 12.3. The molecule has 0 aliphatic carbocycles. The van der Waals surface area contributed by atoms with E-state index in [0.717, 1.165) is 6.26 Å². The fourth-order valence-corrected chi connectivity index (χ4v) is 3.44. The van der Waals surface area contributed by atoms with Gasteiger partial charge in [0.15, 0.2) is 15.6 Å². The number of sulfone groups is 2. The van der Waals surface area contributed by atoms with E-state index in [1.165, 1.54) is 0 Å². The van der Waals surface area contributed by atoms with Crippen molar-refractivity contribution in [1.29, 1.82) is 0 Å². The molecule has 0 aliphatic rings. The molecule has 0 atom stereocenters. The van der Waals surface area contributed by atoms with E-state index in [9.17, 15) is 21.6 Å². The summed E-state index contributed by atoms with van der Waals surface area (Å²) in [6.07, 6.45) is 1.10. The Morgan fingerprint density at radius 3 is 1.82 bits per heavy atom. The van der Waals surface area contributed by atoms with Crippen molar-refractivity contribution in [3.63, 3.8) is 0 Å². The van der Waals surface area contributed by atoms with Gasteiger partial charge in [-0.1, -0.05) is 20.8 Å². The summed E-state index contributed by atoms with van der Waals surface area (Å²) in [6.45, 7) is 4.96. The predicted octanol–water partition coefficient (Wildman–Crippen LogP) is 0.451. The van der Waals surface area contributed by atoms with Crippen LogP contribution in [-0.2, 0) is 24.5 Å². The topological polar surface area (TPSA) is 85.3 Å². The molecule has 5 nitrogen and oxygen atoms in total. The summed E-state index contributed by atoms with van der Waals surface area (Å²) < 4.78 is 44.8. The Morgan fingerprint density at radius 2 is 1.47 bits per heavy atom. The van der Waals surface area contributed by atoms with E-state index >= 15 is 0 Å². The van der Waals surface area contributed by atoms with Gasteiger partial charge >= 0.3 is 0 Å². The van der Waals surface area contributed by atoms with Gasteiger partial charge in [0.2, 0.25) is 0 Å². The molecular weight excluding hydrogens is 264 g/mol. The summed E-state index contributed by atoms with van der Waals surface area (Å²) in [5.74, 6) is -1.30. The van der Waals surface area contributed by atoms with Gasteiger partial charge in [0.1, 0.15) is 15.6 Å². The Bertz CT molecular complexity index is 465. The smallest absolute Gasteiger partial charge is 0.157 e. The fourth-order valence-electron chi connectivity index (χ4n) is 1.03. The molecule has 0 bridgehead atoms. The van der Waals surface area contributed by atoms with Crippen LogP contribution in [0.15, 0.2) is 0 Å². The van der Waals surface area contributed by atoms with Gasteiger partial charge < -0.3 is 0 Å². The molecular formula is C10H20O5S2. The molecule has 0 aromatic rings. The molecule has 0 heterocycles. The van der Waals surface area contributed by atoms with Crippen LogP contribution in [-0.4, -0.2) is 46.1 Å². The van der Waals surface area contributed by atoms with Crippen molar-refractivity contribution in [2.75, 3.05) is 23.5 Å². The van der Waals surface area contributed by atoms with E-state index in [-0.39, 0.29) is 23.7 Å². The Hall–Kier alpha value is -0.430. The minimum Gasteiger partial charge on any atom is -0.298 e. The highest BCUT2D eigenvalue weighted by molar-refractivity contribution is 7.92. The second-order valence-corrected chi connectivity index (χ2v) is 9.69. The van der Waals surface area contributed by atoms with Crippen molar-refractivity contribution in [3.8, 4) is 0 Å². The summed E-state index contributed by atoms with van der Waals surface area (Å²) in [5, 5.41) is 0. The second-order valence-electron chi connectivity index (χ2n) is 5.25. The molecule has 0 amide bonds.